The summed E-state index contributed by atoms with van der Waals surface area (Å²) in [6.07, 6.45) is 4.59. The summed E-state index contributed by atoms with van der Waals surface area (Å²) in [4.78, 5) is 25.6. The largest absolute Gasteiger partial charge is 0.318 e. The molecule has 10 nitrogen and oxygen atoms in total. The molecule has 0 aliphatic heterocycles. The standard InChI is InChI=1S/C18H24N8O2/c1-6-25-11(3)13(8-20-25)17(27)23-15-10-21-26(7-2)16(15)18(28)22-14-9-19-24(5)12(14)4/h8-10H,6-7H2,1-5H3,(H,22,28)(H,23,27). The Morgan fingerprint density at radius 3 is 2.04 bits per heavy atom. The third-order valence-corrected chi connectivity index (χ3v) is 4.73. The SMILES string of the molecule is CCn1ncc(C(=O)Nc2cnn(CC)c2C(=O)Nc2cnn(C)c2C)c1C. The fraction of sp³-hybridized carbons (Fsp3) is 0.389. The summed E-state index contributed by atoms with van der Waals surface area (Å²) < 4.78 is 4.95. The zero-order valence-corrected chi connectivity index (χ0v) is 16.6. The van der Waals surface area contributed by atoms with Crippen molar-refractivity contribution in [1.29, 1.82) is 0 Å². The van der Waals surface area contributed by atoms with Crippen LogP contribution in [0.15, 0.2) is 18.6 Å². The van der Waals surface area contributed by atoms with Gasteiger partial charge in [-0.15, -0.1) is 0 Å². The van der Waals surface area contributed by atoms with Crippen LogP contribution in [0.5, 0.6) is 0 Å². The number of anilines is 2. The molecule has 3 heterocycles. The monoisotopic (exact) mass is 384 g/mol. The number of hydrogen-bond donors (Lipinski definition) is 2. The van der Waals surface area contributed by atoms with Crippen LogP contribution in [-0.4, -0.2) is 41.2 Å². The maximum atomic E-state index is 12.9. The Kier molecular flexibility index (Phi) is 5.30. The quantitative estimate of drug-likeness (QED) is 0.675. The Bertz CT molecular complexity index is 1030. The van der Waals surface area contributed by atoms with Crippen LogP contribution in [0, 0.1) is 13.8 Å². The van der Waals surface area contributed by atoms with Gasteiger partial charge in [0.2, 0.25) is 0 Å². The molecule has 0 fully saturated rings. The van der Waals surface area contributed by atoms with Gasteiger partial charge in [0.1, 0.15) is 5.69 Å². The van der Waals surface area contributed by atoms with E-state index < -0.39 is 0 Å². The van der Waals surface area contributed by atoms with Crippen LogP contribution >= 0.6 is 0 Å². The van der Waals surface area contributed by atoms with Gasteiger partial charge in [-0.25, -0.2) is 0 Å². The van der Waals surface area contributed by atoms with Gasteiger partial charge in [-0.05, 0) is 27.7 Å². The van der Waals surface area contributed by atoms with Crippen molar-refractivity contribution < 1.29 is 9.59 Å². The number of amides is 2. The van der Waals surface area contributed by atoms with Crippen LogP contribution in [0.4, 0.5) is 11.4 Å². The van der Waals surface area contributed by atoms with Crippen LogP contribution < -0.4 is 10.6 Å². The maximum Gasteiger partial charge on any atom is 0.276 e. The molecule has 0 spiro atoms. The van der Waals surface area contributed by atoms with Crippen molar-refractivity contribution in [3.63, 3.8) is 0 Å². The molecule has 0 saturated carbocycles. The fourth-order valence-electron chi connectivity index (χ4n) is 2.94. The van der Waals surface area contributed by atoms with E-state index >= 15 is 0 Å². The van der Waals surface area contributed by atoms with Crippen molar-refractivity contribution in [2.75, 3.05) is 10.6 Å². The van der Waals surface area contributed by atoms with Gasteiger partial charge in [0, 0.05) is 25.8 Å². The van der Waals surface area contributed by atoms with Gasteiger partial charge in [0.05, 0.1) is 41.2 Å². The number of carbonyl (C=O) groups is 2. The normalized spacial score (nSPS) is 10.9. The van der Waals surface area contributed by atoms with Crippen molar-refractivity contribution >= 4 is 23.2 Å². The van der Waals surface area contributed by atoms with Crippen molar-refractivity contribution in [3.05, 3.63) is 41.2 Å². The molecule has 2 N–H and O–H groups in total. The zero-order valence-electron chi connectivity index (χ0n) is 16.6. The predicted molar refractivity (Wildman–Crippen MR) is 104 cm³/mol. The van der Waals surface area contributed by atoms with Crippen molar-refractivity contribution in [1.82, 2.24) is 29.3 Å². The minimum atomic E-state index is -0.369. The minimum Gasteiger partial charge on any atom is -0.318 e. The van der Waals surface area contributed by atoms with Crippen molar-refractivity contribution in [2.24, 2.45) is 7.05 Å². The average molecular weight is 384 g/mol. The molecule has 0 radical (unpaired) electrons. The number of hydrogen-bond acceptors (Lipinski definition) is 5. The van der Waals surface area contributed by atoms with E-state index in [2.05, 4.69) is 25.9 Å². The van der Waals surface area contributed by atoms with Crippen LogP contribution in [0.1, 0.15) is 46.1 Å². The highest BCUT2D eigenvalue weighted by molar-refractivity contribution is 6.11. The Balaban J connectivity index is 1.87. The van der Waals surface area contributed by atoms with Crippen LogP contribution in [0.3, 0.4) is 0 Å². The number of aryl methyl sites for hydroxylation is 3. The van der Waals surface area contributed by atoms with Crippen LogP contribution in [0.2, 0.25) is 0 Å². The molecule has 28 heavy (non-hydrogen) atoms. The van der Waals surface area contributed by atoms with Gasteiger partial charge in [0.25, 0.3) is 11.8 Å². The van der Waals surface area contributed by atoms with Gasteiger partial charge in [-0.1, -0.05) is 0 Å². The molecular weight excluding hydrogens is 360 g/mol. The van der Waals surface area contributed by atoms with E-state index in [9.17, 15) is 9.59 Å². The summed E-state index contributed by atoms with van der Waals surface area (Å²) in [5, 5.41) is 18.2. The minimum absolute atomic E-state index is 0.277. The second-order valence-electron chi connectivity index (χ2n) is 6.36. The fourth-order valence-corrected chi connectivity index (χ4v) is 2.94. The van der Waals surface area contributed by atoms with E-state index in [1.807, 2.05) is 27.7 Å². The molecular formula is C18H24N8O2. The first-order valence-electron chi connectivity index (χ1n) is 9.06. The Hall–Kier alpha value is -3.43. The molecule has 0 aromatic carbocycles. The molecule has 0 aliphatic rings. The van der Waals surface area contributed by atoms with E-state index in [1.165, 1.54) is 12.4 Å². The molecule has 148 valence electrons. The van der Waals surface area contributed by atoms with E-state index in [1.54, 1.807) is 27.3 Å². The lowest BCUT2D eigenvalue weighted by atomic mass is 10.2. The lowest BCUT2D eigenvalue weighted by Crippen LogP contribution is -2.21. The highest BCUT2D eigenvalue weighted by Gasteiger charge is 2.22. The molecule has 3 aromatic heterocycles. The lowest BCUT2D eigenvalue weighted by molar-refractivity contribution is 0.101. The lowest BCUT2D eigenvalue weighted by Gasteiger charge is -2.10. The molecule has 10 heteroatoms. The number of carbonyl (C=O) groups excluding carboxylic acids is 2. The third kappa shape index (κ3) is 3.40. The maximum absolute atomic E-state index is 12.9. The summed E-state index contributed by atoms with van der Waals surface area (Å²) in [5.74, 6) is -0.703. The molecule has 0 aliphatic carbocycles. The Morgan fingerprint density at radius 2 is 1.46 bits per heavy atom. The molecule has 0 bridgehead atoms. The van der Waals surface area contributed by atoms with Crippen molar-refractivity contribution in [2.45, 2.75) is 40.8 Å². The number of nitrogens with one attached hydrogen (secondary N) is 2. The summed E-state index contributed by atoms with van der Waals surface area (Å²) in [6, 6.07) is 0. The first-order chi connectivity index (χ1) is 13.4. The zero-order chi connectivity index (χ0) is 20.4. The van der Waals surface area contributed by atoms with E-state index in [0.29, 0.717) is 30.0 Å². The van der Waals surface area contributed by atoms with E-state index in [4.69, 9.17) is 0 Å². The predicted octanol–water partition coefficient (Wildman–Crippen LogP) is 1.97. The van der Waals surface area contributed by atoms with Crippen LogP contribution in [-0.2, 0) is 20.1 Å². The third-order valence-electron chi connectivity index (χ3n) is 4.73. The van der Waals surface area contributed by atoms with Gasteiger partial charge in [0.15, 0.2) is 0 Å². The van der Waals surface area contributed by atoms with E-state index in [-0.39, 0.29) is 17.5 Å². The summed E-state index contributed by atoms with van der Waals surface area (Å²) >= 11 is 0. The molecule has 3 aromatic rings. The second kappa shape index (κ2) is 7.67. The van der Waals surface area contributed by atoms with Gasteiger partial charge < -0.3 is 10.6 Å². The second-order valence-corrected chi connectivity index (χ2v) is 6.36. The van der Waals surface area contributed by atoms with Crippen molar-refractivity contribution in [3.8, 4) is 0 Å². The number of nitrogens with zero attached hydrogens (tertiary/aromatic N) is 6. The molecule has 3 rings (SSSR count). The summed E-state index contributed by atoms with van der Waals surface area (Å²) in [6.45, 7) is 8.68. The summed E-state index contributed by atoms with van der Waals surface area (Å²) in [7, 11) is 1.80. The Labute approximate surface area is 162 Å². The first-order valence-corrected chi connectivity index (χ1v) is 9.06. The molecule has 0 atom stereocenters. The molecule has 0 unspecified atom stereocenters. The average Bonchev–Trinajstić information content (AvgIpc) is 3.34. The molecule has 0 saturated heterocycles. The molecule has 2 amide bonds. The van der Waals surface area contributed by atoms with Gasteiger partial charge in [-0.2, -0.15) is 15.3 Å². The topological polar surface area (TPSA) is 112 Å². The number of rotatable bonds is 6. The highest BCUT2D eigenvalue weighted by Crippen LogP contribution is 2.20. The van der Waals surface area contributed by atoms with E-state index in [0.717, 1.165) is 11.4 Å². The highest BCUT2D eigenvalue weighted by atomic mass is 16.2. The number of aromatic nitrogens is 6. The first kappa shape index (κ1) is 19.3. The summed E-state index contributed by atoms with van der Waals surface area (Å²) in [5.41, 5.74) is 3.27. The van der Waals surface area contributed by atoms with Gasteiger partial charge in [-0.3, -0.25) is 23.6 Å². The smallest absolute Gasteiger partial charge is 0.276 e. The van der Waals surface area contributed by atoms with Crippen LogP contribution in [0.25, 0.3) is 0 Å². The van der Waals surface area contributed by atoms with Gasteiger partial charge >= 0.3 is 0 Å². The Morgan fingerprint density at radius 1 is 0.857 bits per heavy atom.